The van der Waals surface area contributed by atoms with E-state index in [9.17, 15) is 10.2 Å². The maximum atomic E-state index is 9.40. The minimum atomic E-state index is -0.909. The van der Waals surface area contributed by atoms with Crippen molar-refractivity contribution in [3.8, 4) is 0 Å². The van der Waals surface area contributed by atoms with Crippen LogP contribution in [-0.4, -0.2) is 29.0 Å². The Balaban J connectivity index is 1.88. The van der Waals surface area contributed by atoms with Crippen LogP contribution in [0.1, 0.15) is 74.5 Å². The Hall–Kier alpha value is -1.16. The van der Waals surface area contributed by atoms with E-state index >= 15 is 0 Å². The van der Waals surface area contributed by atoms with Crippen molar-refractivity contribution in [3.05, 3.63) is 41.0 Å². The molecule has 1 aromatic carbocycles. The van der Waals surface area contributed by atoms with Gasteiger partial charge in [0.15, 0.2) is 0 Å². The normalized spacial score (nSPS) is 16.6. The van der Waals surface area contributed by atoms with Crippen LogP contribution in [0.5, 0.6) is 0 Å². The molecule has 2 rings (SSSR count). The summed E-state index contributed by atoms with van der Waals surface area (Å²) in [5.41, 5.74) is 9.06. The average Bonchev–Trinajstić information content (AvgIpc) is 3.00. The van der Waals surface area contributed by atoms with Crippen LogP contribution in [0, 0.1) is 0 Å². The highest BCUT2D eigenvalue weighted by atomic mass is 16.3. The zero-order valence-corrected chi connectivity index (χ0v) is 15.0. The summed E-state index contributed by atoms with van der Waals surface area (Å²) in [6, 6.07) is 6.70. The monoisotopic (exact) mass is 331 g/mol. The van der Waals surface area contributed by atoms with Gasteiger partial charge in [0.1, 0.15) is 0 Å². The number of nitrogens with two attached hydrogens (primary N) is 1. The van der Waals surface area contributed by atoms with Gasteiger partial charge in [0, 0.05) is 5.92 Å². The van der Waals surface area contributed by atoms with Gasteiger partial charge in [-0.2, -0.15) is 0 Å². The van der Waals surface area contributed by atoms with Gasteiger partial charge >= 0.3 is 0 Å². The van der Waals surface area contributed by atoms with Crippen molar-refractivity contribution in [1.29, 1.82) is 0 Å². The molecule has 3 heteroatoms. The van der Waals surface area contributed by atoms with E-state index in [0.717, 1.165) is 6.42 Å². The highest BCUT2D eigenvalue weighted by molar-refractivity contribution is 5.63. The Labute approximate surface area is 146 Å². The van der Waals surface area contributed by atoms with Crippen molar-refractivity contribution >= 4 is 6.08 Å². The van der Waals surface area contributed by atoms with E-state index in [2.05, 4.69) is 37.3 Å². The van der Waals surface area contributed by atoms with Crippen molar-refractivity contribution in [2.45, 2.75) is 69.7 Å². The van der Waals surface area contributed by atoms with Gasteiger partial charge in [0.25, 0.3) is 0 Å². The molecule has 0 heterocycles. The van der Waals surface area contributed by atoms with Gasteiger partial charge in [-0.1, -0.05) is 69.4 Å². The summed E-state index contributed by atoms with van der Waals surface area (Å²) >= 11 is 0. The summed E-state index contributed by atoms with van der Waals surface area (Å²) in [4.78, 5) is 0. The lowest BCUT2D eigenvalue weighted by atomic mass is 9.86. The summed E-state index contributed by atoms with van der Waals surface area (Å²) in [5, 5.41) is 18.8. The van der Waals surface area contributed by atoms with E-state index < -0.39 is 5.54 Å². The number of fused-ring (bicyclic) bond motifs is 1. The molecule has 0 spiro atoms. The Morgan fingerprint density at radius 3 is 2.46 bits per heavy atom. The Morgan fingerprint density at radius 2 is 1.75 bits per heavy atom. The van der Waals surface area contributed by atoms with Gasteiger partial charge in [-0.05, 0) is 36.0 Å². The number of aryl methyl sites for hydroxylation is 1. The fourth-order valence-corrected chi connectivity index (χ4v) is 3.49. The van der Waals surface area contributed by atoms with Crippen LogP contribution in [0.15, 0.2) is 24.3 Å². The van der Waals surface area contributed by atoms with Gasteiger partial charge < -0.3 is 15.9 Å². The minimum absolute atomic E-state index is 0.187. The molecule has 1 aliphatic rings. The SMILES string of the molecule is CCCCCCCCc1ccc2c(c1)C=C[C@H]2CC(N)(CO)CO. The quantitative estimate of drug-likeness (QED) is 0.541. The minimum Gasteiger partial charge on any atom is -0.394 e. The van der Waals surface area contributed by atoms with Crippen molar-refractivity contribution in [2.75, 3.05) is 13.2 Å². The molecule has 0 saturated heterocycles. The Morgan fingerprint density at radius 1 is 1.04 bits per heavy atom. The first-order chi connectivity index (χ1) is 11.6. The standard InChI is InChI=1S/C21H33NO2/c1-2-3-4-5-6-7-8-17-9-12-20-18(13-17)10-11-19(20)14-21(22,15-23)16-24/h9-13,19,23-24H,2-8,14-16,22H2,1H3/t19-/m0/s1. The lowest BCUT2D eigenvalue weighted by molar-refractivity contribution is 0.112. The molecule has 134 valence electrons. The first kappa shape index (κ1) is 19.2. The maximum Gasteiger partial charge on any atom is 0.0634 e. The van der Waals surface area contributed by atoms with Gasteiger partial charge in [0.2, 0.25) is 0 Å². The second-order valence-electron chi connectivity index (χ2n) is 7.33. The van der Waals surface area contributed by atoms with Crippen LogP contribution in [0.4, 0.5) is 0 Å². The lowest BCUT2D eigenvalue weighted by Crippen LogP contribution is -2.48. The second-order valence-corrected chi connectivity index (χ2v) is 7.33. The van der Waals surface area contributed by atoms with E-state index in [1.807, 2.05) is 0 Å². The molecule has 0 aliphatic heterocycles. The van der Waals surface area contributed by atoms with Crippen LogP contribution in [-0.2, 0) is 6.42 Å². The summed E-state index contributed by atoms with van der Waals surface area (Å²) in [7, 11) is 0. The van der Waals surface area contributed by atoms with Gasteiger partial charge in [-0.15, -0.1) is 0 Å². The molecule has 24 heavy (non-hydrogen) atoms. The first-order valence-corrected chi connectivity index (χ1v) is 9.43. The summed E-state index contributed by atoms with van der Waals surface area (Å²) in [6.07, 6.45) is 14.0. The fraction of sp³-hybridized carbons (Fsp3) is 0.619. The molecule has 0 radical (unpaired) electrons. The smallest absolute Gasteiger partial charge is 0.0634 e. The summed E-state index contributed by atoms with van der Waals surface area (Å²) < 4.78 is 0. The Bertz CT molecular complexity index is 535. The first-order valence-electron chi connectivity index (χ1n) is 9.43. The number of benzene rings is 1. The third kappa shape index (κ3) is 5.17. The number of aliphatic hydroxyl groups excluding tert-OH is 2. The van der Waals surface area contributed by atoms with Crippen molar-refractivity contribution in [1.82, 2.24) is 0 Å². The molecule has 0 amide bonds. The molecule has 1 aromatic rings. The zero-order chi connectivity index (χ0) is 17.4. The molecule has 0 saturated carbocycles. The largest absolute Gasteiger partial charge is 0.394 e. The molecule has 1 aliphatic carbocycles. The van der Waals surface area contributed by atoms with Crippen molar-refractivity contribution in [2.24, 2.45) is 5.73 Å². The Kier molecular flexibility index (Phi) is 7.47. The summed E-state index contributed by atoms with van der Waals surface area (Å²) in [6.45, 7) is 1.86. The average molecular weight is 332 g/mol. The van der Waals surface area contributed by atoms with Crippen LogP contribution in [0.3, 0.4) is 0 Å². The number of hydrogen-bond acceptors (Lipinski definition) is 3. The van der Waals surface area contributed by atoms with Crippen LogP contribution >= 0.6 is 0 Å². The molecular weight excluding hydrogens is 298 g/mol. The molecule has 0 fully saturated rings. The van der Waals surface area contributed by atoms with Gasteiger partial charge in [-0.3, -0.25) is 0 Å². The predicted octanol–water partition coefficient (Wildman–Crippen LogP) is 3.77. The molecular formula is C21H33NO2. The van der Waals surface area contributed by atoms with Gasteiger partial charge in [0.05, 0.1) is 18.8 Å². The van der Waals surface area contributed by atoms with E-state index in [-0.39, 0.29) is 19.1 Å². The van der Waals surface area contributed by atoms with Crippen LogP contribution in [0.25, 0.3) is 6.08 Å². The fourth-order valence-electron chi connectivity index (χ4n) is 3.49. The number of unbranched alkanes of at least 4 members (excludes halogenated alkanes) is 5. The third-order valence-corrected chi connectivity index (χ3v) is 5.13. The number of allylic oxidation sites excluding steroid dienone is 1. The molecule has 4 N–H and O–H groups in total. The molecule has 3 nitrogen and oxygen atoms in total. The molecule has 0 unspecified atom stereocenters. The number of aliphatic hydroxyl groups is 2. The number of rotatable bonds is 11. The summed E-state index contributed by atoms with van der Waals surface area (Å²) in [5.74, 6) is 0.187. The van der Waals surface area contributed by atoms with E-state index in [1.54, 1.807) is 0 Å². The van der Waals surface area contributed by atoms with Crippen molar-refractivity contribution < 1.29 is 10.2 Å². The highest BCUT2D eigenvalue weighted by Gasteiger charge is 2.29. The zero-order valence-electron chi connectivity index (χ0n) is 15.0. The molecule has 1 atom stereocenters. The predicted molar refractivity (Wildman–Crippen MR) is 101 cm³/mol. The van der Waals surface area contributed by atoms with E-state index in [0.29, 0.717) is 6.42 Å². The maximum absolute atomic E-state index is 9.40. The third-order valence-electron chi connectivity index (χ3n) is 5.13. The molecule has 0 bridgehead atoms. The molecule has 0 aromatic heterocycles. The van der Waals surface area contributed by atoms with E-state index in [1.165, 1.54) is 55.2 Å². The second kappa shape index (κ2) is 9.36. The van der Waals surface area contributed by atoms with Crippen molar-refractivity contribution in [3.63, 3.8) is 0 Å². The van der Waals surface area contributed by atoms with E-state index in [4.69, 9.17) is 5.73 Å². The van der Waals surface area contributed by atoms with Crippen LogP contribution < -0.4 is 5.73 Å². The van der Waals surface area contributed by atoms with Crippen LogP contribution in [0.2, 0.25) is 0 Å². The highest BCUT2D eigenvalue weighted by Crippen LogP contribution is 2.35. The topological polar surface area (TPSA) is 66.5 Å². The van der Waals surface area contributed by atoms with Gasteiger partial charge in [-0.25, -0.2) is 0 Å². The number of hydrogen-bond donors (Lipinski definition) is 3. The lowest BCUT2D eigenvalue weighted by Gasteiger charge is -2.27.